The van der Waals surface area contributed by atoms with Gasteiger partial charge in [-0.2, -0.15) is 0 Å². The number of ether oxygens (including phenoxy) is 1. The third-order valence-corrected chi connectivity index (χ3v) is 8.64. The number of fused-ring (bicyclic) bond motifs is 1. The van der Waals surface area contributed by atoms with E-state index in [2.05, 4.69) is 23.2 Å². The minimum atomic E-state index is -3.41. The second-order valence-electron chi connectivity index (χ2n) is 9.59. The number of amides is 1. The van der Waals surface area contributed by atoms with E-state index in [1.54, 1.807) is 4.90 Å². The normalized spacial score (nSPS) is 24.5. The number of hydrogen-bond acceptors (Lipinski definition) is 6. The highest BCUT2D eigenvalue weighted by molar-refractivity contribution is 7.91. The summed E-state index contributed by atoms with van der Waals surface area (Å²) < 4.78 is 31.4. The summed E-state index contributed by atoms with van der Waals surface area (Å²) in [4.78, 5) is 14.9. The van der Waals surface area contributed by atoms with Crippen molar-refractivity contribution >= 4 is 21.6 Å². The molecule has 4 bridgehead atoms. The lowest BCUT2D eigenvalue weighted by atomic mass is 9.87. The van der Waals surface area contributed by atoms with Crippen LogP contribution in [0.3, 0.4) is 0 Å². The van der Waals surface area contributed by atoms with Crippen molar-refractivity contribution in [3.63, 3.8) is 0 Å². The van der Waals surface area contributed by atoms with Gasteiger partial charge in [0.15, 0.2) is 9.84 Å². The predicted molar refractivity (Wildman–Crippen MR) is 122 cm³/mol. The molecule has 7 nitrogen and oxygen atoms in total. The molecule has 0 spiro atoms. The van der Waals surface area contributed by atoms with Crippen molar-refractivity contribution in [2.45, 2.75) is 70.0 Å². The molecule has 172 valence electrons. The molecule has 2 atom stereocenters. The maximum Gasteiger partial charge on any atom is 0.410 e. The summed E-state index contributed by atoms with van der Waals surface area (Å²) >= 11 is 0. The zero-order valence-electron chi connectivity index (χ0n) is 19.1. The van der Waals surface area contributed by atoms with Crippen LogP contribution in [0.2, 0.25) is 0 Å². The maximum absolute atomic E-state index is 13.1. The summed E-state index contributed by atoms with van der Waals surface area (Å²) in [6.07, 6.45) is 5.76. The van der Waals surface area contributed by atoms with Crippen LogP contribution in [0.4, 0.5) is 10.5 Å². The minimum absolute atomic E-state index is 0.0806. The molecule has 1 amide bonds. The van der Waals surface area contributed by atoms with E-state index in [-0.39, 0.29) is 18.2 Å². The summed E-state index contributed by atoms with van der Waals surface area (Å²) in [7, 11) is -3.41. The Morgan fingerprint density at radius 3 is 2.61 bits per heavy atom. The third-order valence-electron chi connectivity index (χ3n) is 7.01. The molecule has 0 saturated carbocycles. The molecule has 31 heavy (non-hydrogen) atoms. The molecular weight excluding hydrogens is 414 g/mol. The van der Waals surface area contributed by atoms with Gasteiger partial charge < -0.3 is 14.5 Å². The lowest BCUT2D eigenvalue weighted by molar-refractivity contribution is 0.0645. The van der Waals surface area contributed by atoms with Gasteiger partial charge in [-0.25, -0.2) is 13.2 Å². The number of rotatable bonds is 6. The molecular formula is C23H35N3O4S. The maximum atomic E-state index is 13.1. The topological polar surface area (TPSA) is 79.0 Å². The van der Waals surface area contributed by atoms with Gasteiger partial charge in [-0.05, 0) is 76.5 Å². The standard InChI is InChI=1S/C23H35N3O4S/c1-16(2)30-22(27)25-13-10-18(11-14-25)6-5-17(3)26-20-7-8-21-19(15-20)9-12-24-23(21,26)31(4,28)29/h7-8,15-18,24H,5-6,9-14H2,1-4H3. The van der Waals surface area contributed by atoms with Crippen molar-refractivity contribution in [1.29, 1.82) is 0 Å². The fourth-order valence-electron chi connectivity index (χ4n) is 5.49. The van der Waals surface area contributed by atoms with Gasteiger partial charge in [0.25, 0.3) is 0 Å². The van der Waals surface area contributed by atoms with Crippen molar-refractivity contribution in [2.24, 2.45) is 5.92 Å². The van der Waals surface area contributed by atoms with Gasteiger partial charge in [-0.3, -0.25) is 5.32 Å². The van der Waals surface area contributed by atoms with Crippen molar-refractivity contribution in [3.05, 3.63) is 29.3 Å². The van der Waals surface area contributed by atoms with Crippen LogP contribution in [0.5, 0.6) is 0 Å². The summed E-state index contributed by atoms with van der Waals surface area (Å²) in [5.74, 6) is 0.542. The number of nitrogens with one attached hydrogen (secondary N) is 1. The number of likely N-dealkylation sites (tertiary alicyclic amines) is 1. The summed E-state index contributed by atoms with van der Waals surface area (Å²) in [6, 6.07) is 6.27. The number of carbonyl (C=O) groups is 1. The minimum Gasteiger partial charge on any atom is -0.447 e. The van der Waals surface area contributed by atoms with Gasteiger partial charge in [-0.15, -0.1) is 0 Å². The molecule has 1 aromatic rings. The van der Waals surface area contributed by atoms with Crippen LogP contribution >= 0.6 is 0 Å². The van der Waals surface area contributed by atoms with Crippen LogP contribution < -0.4 is 10.2 Å². The lowest BCUT2D eigenvalue weighted by Gasteiger charge is -2.53. The Kier molecular flexibility index (Phi) is 5.98. The highest BCUT2D eigenvalue weighted by atomic mass is 32.2. The zero-order chi connectivity index (χ0) is 22.4. The lowest BCUT2D eigenvalue weighted by Crippen LogP contribution is -2.67. The van der Waals surface area contributed by atoms with E-state index in [0.717, 1.165) is 62.0 Å². The average Bonchev–Trinajstić information content (AvgIpc) is 2.71. The summed E-state index contributed by atoms with van der Waals surface area (Å²) in [5, 5.41) is 3.37. The van der Waals surface area contributed by atoms with E-state index in [1.165, 1.54) is 6.26 Å². The third kappa shape index (κ3) is 3.93. The fourth-order valence-corrected chi connectivity index (χ4v) is 7.09. The van der Waals surface area contributed by atoms with E-state index in [9.17, 15) is 13.2 Å². The largest absolute Gasteiger partial charge is 0.447 e. The van der Waals surface area contributed by atoms with E-state index in [0.29, 0.717) is 12.5 Å². The van der Waals surface area contributed by atoms with E-state index < -0.39 is 14.8 Å². The number of hydrogen-bond donors (Lipinski definition) is 1. The van der Waals surface area contributed by atoms with Gasteiger partial charge >= 0.3 is 6.09 Å². The van der Waals surface area contributed by atoms with E-state index in [4.69, 9.17) is 4.74 Å². The Hall–Kier alpha value is -1.80. The molecule has 4 heterocycles. The molecule has 0 aromatic heterocycles. The Morgan fingerprint density at radius 1 is 1.26 bits per heavy atom. The molecule has 0 radical (unpaired) electrons. The first-order chi connectivity index (χ1) is 14.6. The highest BCUT2D eigenvalue weighted by Gasteiger charge is 2.54. The second kappa shape index (κ2) is 8.28. The second-order valence-corrected chi connectivity index (χ2v) is 11.7. The van der Waals surface area contributed by atoms with Crippen molar-refractivity contribution in [3.8, 4) is 0 Å². The van der Waals surface area contributed by atoms with E-state index >= 15 is 0 Å². The first kappa shape index (κ1) is 22.4. The summed E-state index contributed by atoms with van der Waals surface area (Å²) in [6.45, 7) is 7.99. The smallest absolute Gasteiger partial charge is 0.410 e. The zero-order valence-corrected chi connectivity index (χ0v) is 19.9. The SMILES string of the molecule is CC(C)OC(=O)N1CCC(CCC(C)N2c3ccc4c(c3)CCNC42S(C)(=O)=O)CC1. The highest BCUT2D eigenvalue weighted by Crippen LogP contribution is 2.47. The predicted octanol–water partition coefficient (Wildman–Crippen LogP) is 3.23. The molecule has 8 heteroatoms. The van der Waals surface area contributed by atoms with Gasteiger partial charge in [0.2, 0.25) is 4.99 Å². The molecule has 2 unspecified atom stereocenters. The first-order valence-corrected chi connectivity index (χ1v) is 13.4. The van der Waals surface area contributed by atoms with Crippen molar-refractivity contribution in [2.75, 3.05) is 30.8 Å². The van der Waals surface area contributed by atoms with Gasteiger partial charge in [0, 0.05) is 43.2 Å². The van der Waals surface area contributed by atoms with Gasteiger partial charge in [0.1, 0.15) is 0 Å². The van der Waals surface area contributed by atoms with Gasteiger partial charge in [0.05, 0.1) is 6.10 Å². The van der Waals surface area contributed by atoms with Crippen molar-refractivity contribution in [1.82, 2.24) is 10.2 Å². The molecule has 1 fully saturated rings. The number of benzene rings is 1. The number of sulfone groups is 1. The number of anilines is 1. The monoisotopic (exact) mass is 449 g/mol. The fraction of sp³-hybridized carbons (Fsp3) is 0.696. The number of piperidine rings is 1. The van der Waals surface area contributed by atoms with Crippen molar-refractivity contribution < 1.29 is 17.9 Å². The Balaban J connectivity index is 1.42. The Morgan fingerprint density at radius 2 is 1.97 bits per heavy atom. The van der Waals surface area contributed by atoms with Crippen LogP contribution in [0.25, 0.3) is 0 Å². The van der Waals surface area contributed by atoms with Gasteiger partial charge in [-0.1, -0.05) is 6.07 Å². The average molecular weight is 450 g/mol. The van der Waals surface area contributed by atoms with Crippen LogP contribution in [0, 0.1) is 5.92 Å². The molecule has 4 aliphatic heterocycles. The molecule has 1 aromatic carbocycles. The molecule has 1 saturated heterocycles. The van der Waals surface area contributed by atoms with Crippen LogP contribution in [-0.4, -0.2) is 57.4 Å². The molecule has 4 aliphatic rings. The molecule has 5 rings (SSSR count). The number of carbonyl (C=O) groups excluding carboxylic acids is 1. The first-order valence-electron chi connectivity index (χ1n) is 11.5. The van der Waals surface area contributed by atoms with Crippen LogP contribution in [0.1, 0.15) is 57.6 Å². The van der Waals surface area contributed by atoms with Crippen LogP contribution in [0.15, 0.2) is 18.2 Å². The molecule has 0 aliphatic carbocycles. The molecule has 1 N–H and O–H groups in total. The van der Waals surface area contributed by atoms with Crippen LogP contribution in [-0.2, 0) is 26.0 Å². The Bertz CT molecular complexity index is 940. The Labute approximate surface area is 186 Å². The summed E-state index contributed by atoms with van der Waals surface area (Å²) in [5.41, 5.74) is 3.02. The quantitative estimate of drug-likeness (QED) is 0.718. The van der Waals surface area contributed by atoms with E-state index in [1.807, 2.05) is 26.0 Å². The number of nitrogens with zero attached hydrogens (tertiary/aromatic N) is 2.